The molecule has 2 heterocycles. The number of halogens is 1. The molecule has 2 amide bonds. The van der Waals surface area contributed by atoms with Crippen LogP contribution in [0, 0.1) is 5.92 Å². The van der Waals surface area contributed by atoms with E-state index in [9.17, 15) is 9.59 Å². The lowest BCUT2D eigenvalue weighted by atomic mass is 9.97. The Morgan fingerprint density at radius 2 is 2.04 bits per heavy atom. The van der Waals surface area contributed by atoms with Crippen molar-refractivity contribution in [3.05, 3.63) is 24.3 Å². The molecule has 0 aromatic heterocycles. The van der Waals surface area contributed by atoms with E-state index < -0.39 is 0 Å². The van der Waals surface area contributed by atoms with Crippen LogP contribution in [0.25, 0.3) is 0 Å². The third kappa shape index (κ3) is 3.88. The SMILES string of the molecule is Cl.NC(=O)C1CCCN(C(=O)CN2CCNc3ccccc32)C1. The average Bonchev–Trinajstić information content (AvgIpc) is 2.55. The largest absolute Gasteiger partial charge is 0.382 e. The Kier molecular flexibility index (Phi) is 5.71. The molecule has 2 aliphatic heterocycles. The molecule has 0 spiro atoms. The summed E-state index contributed by atoms with van der Waals surface area (Å²) in [5.41, 5.74) is 7.51. The first-order valence-corrected chi connectivity index (χ1v) is 7.80. The number of rotatable bonds is 3. The Hall–Kier alpha value is -1.95. The van der Waals surface area contributed by atoms with E-state index in [2.05, 4.69) is 10.2 Å². The van der Waals surface area contributed by atoms with Crippen molar-refractivity contribution in [2.45, 2.75) is 12.8 Å². The maximum Gasteiger partial charge on any atom is 0.242 e. The van der Waals surface area contributed by atoms with Gasteiger partial charge in [-0.1, -0.05) is 12.1 Å². The summed E-state index contributed by atoms with van der Waals surface area (Å²) in [6.07, 6.45) is 1.63. The summed E-state index contributed by atoms with van der Waals surface area (Å²) in [5.74, 6) is -0.430. The van der Waals surface area contributed by atoms with Gasteiger partial charge in [0.1, 0.15) is 0 Å². The van der Waals surface area contributed by atoms with Crippen molar-refractivity contribution in [2.75, 3.05) is 42.9 Å². The van der Waals surface area contributed by atoms with Crippen molar-refractivity contribution >= 4 is 35.6 Å². The number of para-hydroxylation sites is 2. The summed E-state index contributed by atoms with van der Waals surface area (Å²) in [4.78, 5) is 27.8. The standard InChI is InChI=1S/C16H22N4O2.ClH/c17-16(22)12-4-3-8-20(10-12)15(21)11-19-9-7-18-13-5-1-2-6-14(13)19;/h1-2,5-6,12,18H,3-4,7-11H2,(H2,17,22);1H. The number of benzene rings is 1. The monoisotopic (exact) mass is 338 g/mol. The minimum atomic E-state index is -0.301. The quantitative estimate of drug-likeness (QED) is 0.864. The maximum atomic E-state index is 12.6. The van der Waals surface area contributed by atoms with Crippen molar-refractivity contribution in [3.8, 4) is 0 Å². The zero-order valence-electron chi connectivity index (χ0n) is 13.0. The molecular weight excluding hydrogens is 316 g/mol. The first kappa shape index (κ1) is 17.4. The predicted molar refractivity (Wildman–Crippen MR) is 92.9 cm³/mol. The second kappa shape index (κ2) is 7.55. The zero-order chi connectivity index (χ0) is 15.5. The van der Waals surface area contributed by atoms with E-state index in [0.717, 1.165) is 43.9 Å². The van der Waals surface area contributed by atoms with Crippen molar-refractivity contribution in [3.63, 3.8) is 0 Å². The number of nitrogens with two attached hydrogens (primary N) is 1. The molecule has 23 heavy (non-hydrogen) atoms. The molecule has 3 N–H and O–H groups in total. The van der Waals surface area contributed by atoms with E-state index in [1.807, 2.05) is 24.3 Å². The molecule has 1 aromatic carbocycles. The van der Waals surface area contributed by atoms with E-state index in [0.29, 0.717) is 13.1 Å². The fraction of sp³-hybridized carbons (Fsp3) is 0.500. The first-order valence-electron chi connectivity index (χ1n) is 7.80. The van der Waals surface area contributed by atoms with E-state index in [1.165, 1.54) is 0 Å². The van der Waals surface area contributed by atoms with E-state index in [-0.39, 0.29) is 30.1 Å². The van der Waals surface area contributed by atoms with Crippen LogP contribution in [0.4, 0.5) is 11.4 Å². The molecule has 1 fully saturated rings. The molecule has 0 aliphatic carbocycles. The minimum Gasteiger partial charge on any atom is -0.382 e. The molecule has 0 bridgehead atoms. The van der Waals surface area contributed by atoms with Crippen LogP contribution < -0.4 is 16.0 Å². The molecule has 126 valence electrons. The van der Waals surface area contributed by atoms with Gasteiger partial charge in [-0.15, -0.1) is 12.4 Å². The van der Waals surface area contributed by atoms with Crippen LogP contribution in [-0.2, 0) is 9.59 Å². The first-order chi connectivity index (χ1) is 10.6. The number of nitrogens with zero attached hydrogens (tertiary/aromatic N) is 2. The van der Waals surface area contributed by atoms with E-state index in [1.54, 1.807) is 4.90 Å². The molecule has 3 rings (SSSR count). The lowest BCUT2D eigenvalue weighted by Gasteiger charge is -2.36. The summed E-state index contributed by atoms with van der Waals surface area (Å²) in [5, 5.41) is 3.34. The van der Waals surface area contributed by atoms with Crippen LogP contribution in [0.1, 0.15) is 12.8 Å². The summed E-state index contributed by atoms with van der Waals surface area (Å²) in [6.45, 7) is 3.16. The number of likely N-dealkylation sites (tertiary alicyclic amines) is 1. The van der Waals surface area contributed by atoms with Crippen molar-refractivity contribution in [1.29, 1.82) is 0 Å². The summed E-state index contributed by atoms with van der Waals surface area (Å²) in [6, 6.07) is 8.01. The third-order valence-electron chi connectivity index (χ3n) is 4.44. The Morgan fingerprint density at radius 3 is 2.83 bits per heavy atom. The normalized spacial score (nSPS) is 20.1. The summed E-state index contributed by atoms with van der Waals surface area (Å²) >= 11 is 0. The maximum absolute atomic E-state index is 12.6. The Bertz CT molecular complexity index is 581. The molecule has 2 aliphatic rings. The number of primary amides is 1. The van der Waals surface area contributed by atoms with Crippen LogP contribution in [-0.4, -0.2) is 49.4 Å². The molecule has 1 unspecified atom stereocenters. The fourth-order valence-corrected chi connectivity index (χ4v) is 3.21. The van der Waals surface area contributed by atoms with E-state index in [4.69, 9.17) is 5.73 Å². The topological polar surface area (TPSA) is 78.7 Å². The third-order valence-corrected chi connectivity index (χ3v) is 4.44. The van der Waals surface area contributed by atoms with Crippen molar-refractivity contribution in [1.82, 2.24) is 4.90 Å². The number of carbonyl (C=O) groups is 2. The Balaban J connectivity index is 0.00000192. The lowest BCUT2D eigenvalue weighted by Crippen LogP contribution is -2.49. The van der Waals surface area contributed by atoms with E-state index >= 15 is 0 Å². The Labute approximate surface area is 142 Å². The number of carbonyl (C=O) groups excluding carboxylic acids is 2. The van der Waals surface area contributed by atoms with Gasteiger partial charge in [-0.05, 0) is 25.0 Å². The highest BCUT2D eigenvalue weighted by atomic mass is 35.5. The highest BCUT2D eigenvalue weighted by Gasteiger charge is 2.28. The number of hydrogen-bond donors (Lipinski definition) is 2. The second-order valence-corrected chi connectivity index (χ2v) is 5.95. The smallest absolute Gasteiger partial charge is 0.242 e. The summed E-state index contributed by atoms with van der Waals surface area (Å²) < 4.78 is 0. The van der Waals surface area contributed by atoms with Gasteiger partial charge in [-0.3, -0.25) is 9.59 Å². The van der Waals surface area contributed by atoms with Crippen LogP contribution in [0.2, 0.25) is 0 Å². The van der Waals surface area contributed by atoms with Gasteiger partial charge in [0.05, 0.1) is 23.8 Å². The molecule has 1 atom stereocenters. The van der Waals surface area contributed by atoms with Gasteiger partial charge in [-0.2, -0.15) is 0 Å². The highest BCUT2D eigenvalue weighted by Crippen LogP contribution is 2.28. The molecule has 7 heteroatoms. The highest BCUT2D eigenvalue weighted by molar-refractivity contribution is 5.86. The Morgan fingerprint density at radius 1 is 1.26 bits per heavy atom. The molecule has 1 aromatic rings. The van der Waals surface area contributed by atoms with Crippen LogP contribution in [0.15, 0.2) is 24.3 Å². The fourth-order valence-electron chi connectivity index (χ4n) is 3.21. The number of hydrogen-bond acceptors (Lipinski definition) is 4. The molecule has 0 radical (unpaired) electrons. The van der Waals surface area contributed by atoms with Gasteiger partial charge in [0, 0.05) is 26.2 Å². The predicted octanol–water partition coefficient (Wildman–Crippen LogP) is 1.06. The summed E-state index contributed by atoms with van der Waals surface area (Å²) in [7, 11) is 0. The second-order valence-electron chi connectivity index (χ2n) is 5.95. The molecule has 1 saturated heterocycles. The van der Waals surface area contributed by atoms with Gasteiger partial charge in [0.2, 0.25) is 11.8 Å². The average molecular weight is 339 g/mol. The van der Waals surface area contributed by atoms with Gasteiger partial charge in [0.15, 0.2) is 0 Å². The van der Waals surface area contributed by atoms with Gasteiger partial charge < -0.3 is 20.9 Å². The van der Waals surface area contributed by atoms with Gasteiger partial charge >= 0.3 is 0 Å². The van der Waals surface area contributed by atoms with Crippen molar-refractivity contribution in [2.24, 2.45) is 11.7 Å². The number of amides is 2. The molecule has 0 saturated carbocycles. The lowest BCUT2D eigenvalue weighted by molar-refractivity contribution is -0.133. The zero-order valence-corrected chi connectivity index (χ0v) is 13.8. The van der Waals surface area contributed by atoms with Crippen LogP contribution >= 0.6 is 12.4 Å². The van der Waals surface area contributed by atoms with Gasteiger partial charge in [0.25, 0.3) is 0 Å². The molecular formula is C16H23ClN4O2. The number of piperidine rings is 1. The minimum absolute atomic E-state index is 0. The van der Waals surface area contributed by atoms with Crippen LogP contribution in [0.5, 0.6) is 0 Å². The number of fused-ring (bicyclic) bond motifs is 1. The van der Waals surface area contributed by atoms with Gasteiger partial charge in [-0.25, -0.2) is 0 Å². The molecule has 6 nitrogen and oxygen atoms in total. The number of nitrogens with one attached hydrogen (secondary N) is 1. The number of anilines is 2. The van der Waals surface area contributed by atoms with Crippen molar-refractivity contribution < 1.29 is 9.59 Å². The van der Waals surface area contributed by atoms with Crippen LogP contribution in [0.3, 0.4) is 0 Å².